The molecule has 1 saturated heterocycles. The topological polar surface area (TPSA) is 59.6 Å². The molecule has 1 heterocycles. The van der Waals surface area contributed by atoms with Gasteiger partial charge in [0, 0.05) is 25.5 Å². The molecule has 0 radical (unpaired) electrons. The molecule has 6 heteroatoms. The van der Waals surface area contributed by atoms with Crippen LogP contribution in [0.4, 0.5) is 0 Å². The molecule has 1 amide bonds. The van der Waals surface area contributed by atoms with Gasteiger partial charge >= 0.3 is 0 Å². The highest BCUT2D eigenvalue weighted by atomic mass is 32.2. The molecule has 0 spiro atoms. The highest BCUT2D eigenvalue weighted by Gasteiger charge is 2.14. The number of unbranched alkanes of at least 4 members (excludes halogenated alkanes) is 1. The first-order valence-electron chi connectivity index (χ1n) is 7.48. The number of thioether (sulfide) groups is 1. The molecule has 2 N–H and O–H groups in total. The first-order valence-corrected chi connectivity index (χ1v) is 8.53. The smallest absolute Gasteiger partial charge is 0.230 e. The van der Waals surface area contributed by atoms with Crippen molar-refractivity contribution in [2.75, 3.05) is 52.3 Å². The van der Waals surface area contributed by atoms with Gasteiger partial charge in [0.25, 0.3) is 0 Å². The molecular formula is C14H28N2O3S. The third kappa shape index (κ3) is 9.58. The van der Waals surface area contributed by atoms with E-state index >= 15 is 0 Å². The van der Waals surface area contributed by atoms with Crippen LogP contribution in [-0.2, 0) is 14.3 Å². The minimum absolute atomic E-state index is 0.161. The summed E-state index contributed by atoms with van der Waals surface area (Å²) in [6, 6.07) is 0. The third-order valence-corrected chi connectivity index (χ3v) is 4.58. The van der Waals surface area contributed by atoms with Crippen molar-refractivity contribution < 1.29 is 14.3 Å². The Morgan fingerprint density at radius 3 is 2.80 bits per heavy atom. The van der Waals surface area contributed by atoms with Crippen LogP contribution >= 0.6 is 11.8 Å². The summed E-state index contributed by atoms with van der Waals surface area (Å²) in [4.78, 5) is 11.7. The van der Waals surface area contributed by atoms with Crippen LogP contribution in [0.2, 0.25) is 0 Å². The largest absolute Gasteiger partial charge is 0.382 e. The number of amides is 1. The second kappa shape index (κ2) is 12.4. The minimum Gasteiger partial charge on any atom is -0.382 e. The average molecular weight is 304 g/mol. The van der Waals surface area contributed by atoms with Crippen LogP contribution < -0.4 is 10.6 Å². The summed E-state index contributed by atoms with van der Waals surface area (Å²) in [6.45, 7) is 4.95. The van der Waals surface area contributed by atoms with E-state index in [4.69, 9.17) is 9.47 Å². The van der Waals surface area contributed by atoms with Gasteiger partial charge in [0.1, 0.15) is 0 Å². The average Bonchev–Trinajstić information content (AvgIpc) is 2.49. The Balaban J connectivity index is 1.84. The number of ether oxygens (including phenoxy) is 2. The van der Waals surface area contributed by atoms with Gasteiger partial charge in [-0.2, -0.15) is 0 Å². The summed E-state index contributed by atoms with van der Waals surface area (Å²) in [7, 11) is 1.67. The van der Waals surface area contributed by atoms with Crippen LogP contribution in [0.15, 0.2) is 0 Å². The van der Waals surface area contributed by atoms with Gasteiger partial charge in [-0.3, -0.25) is 4.79 Å². The lowest BCUT2D eigenvalue weighted by Crippen LogP contribution is -2.31. The van der Waals surface area contributed by atoms with Crippen molar-refractivity contribution in [3.8, 4) is 0 Å². The zero-order chi connectivity index (χ0) is 14.5. The number of rotatable bonds is 11. The molecule has 0 saturated carbocycles. The van der Waals surface area contributed by atoms with Gasteiger partial charge in [-0.15, -0.1) is 11.8 Å². The molecule has 0 aromatic carbocycles. The van der Waals surface area contributed by atoms with Crippen molar-refractivity contribution >= 4 is 17.7 Å². The van der Waals surface area contributed by atoms with E-state index in [1.165, 1.54) is 12.8 Å². The first-order chi connectivity index (χ1) is 9.83. The van der Waals surface area contributed by atoms with E-state index in [0.29, 0.717) is 24.2 Å². The van der Waals surface area contributed by atoms with Crippen LogP contribution in [0.25, 0.3) is 0 Å². The molecule has 1 fully saturated rings. The van der Waals surface area contributed by atoms with Crippen molar-refractivity contribution in [3.63, 3.8) is 0 Å². The predicted octanol–water partition coefficient (Wildman–Crippen LogP) is 1.03. The van der Waals surface area contributed by atoms with Crippen molar-refractivity contribution in [2.45, 2.75) is 30.9 Å². The molecule has 118 valence electrons. The molecule has 5 nitrogen and oxygen atoms in total. The molecule has 1 aliphatic rings. The first kappa shape index (κ1) is 17.8. The minimum atomic E-state index is 0.161. The van der Waals surface area contributed by atoms with E-state index in [0.717, 1.165) is 39.1 Å². The number of nitrogens with one attached hydrogen (secondary N) is 2. The normalized spacial score (nSPS) is 16.2. The molecule has 0 unspecified atom stereocenters. The maximum Gasteiger partial charge on any atom is 0.230 e. The Bertz CT molecular complexity index is 249. The summed E-state index contributed by atoms with van der Waals surface area (Å²) >= 11 is 1.79. The van der Waals surface area contributed by atoms with Crippen LogP contribution in [0.3, 0.4) is 0 Å². The molecule has 0 bridgehead atoms. The summed E-state index contributed by atoms with van der Waals surface area (Å²) < 4.78 is 10.2. The Morgan fingerprint density at radius 1 is 1.25 bits per heavy atom. The van der Waals surface area contributed by atoms with Gasteiger partial charge in [0.05, 0.1) is 19.0 Å². The van der Waals surface area contributed by atoms with Crippen LogP contribution in [-0.4, -0.2) is 63.5 Å². The van der Waals surface area contributed by atoms with E-state index in [9.17, 15) is 4.79 Å². The fourth-order valence-corrected chi connectivity index (χ4v) is 3.07. The zero-order valence-corrected chi connectivity index (χ0v) is 13.3. The van der Waals surface area contributed by atoms with E-state index < -0.39 is 0 Å². The van der Waals surface area contributed by atoms with Crippen LogP contribution in [0.5, 0.6) is 0 Å². The Morgan fingerprint density at radius 2 is 2.05 bits per heavy atom. The van der Waals surface area contributed by atoms with Gasteiger partial charge in [0.2, 0.25) is 5.91 Å². The Kier molecular flexibility index (Phi) is 11.0. The monoisotopic (exact) mass is 304 g/mol. The Hall–Kier alpha value is -0.300. The molecule has 20 heavy (non-hydrogen) atoms. The van der Waals surface area contributed by atoms with Gasteiger partial charge in [0.15, 0.2) is 0 Å². The van der Waals surface area contributed by atoms with Crippen molar-refractivity contribution in [1.82, 2.24) is 10.6 Å². The second-order valence-electron chi connectivity index (χ2n) is 4.92. The van der Waals surface area contributed by atoms with E-state index in [1.807, 2.05) is 0 Å². The molecule has 0 aliphatic carbocycles. The maximum absolute atomic E-state index is 11.7. The van der Waals surface area contributed by atoms with Gasteiger partial charge in [-0.1, -0.05) is 0 Å². The number of piperidine rings is 1. The van der Waals surface area contributed by atoms with Crippen molar-refractivity contribution in [2.24, 2.45) is 0 Å². The summed E-state index contributed by atoms with van der Waals surface area (Å²) in [5.74, 6) is 0.753. The lowest BCUT2D eigenvalue weighted by atomic mass is 10.2. The highest BCUT2D eigenvalue weighted by Crippen LogP contribution is 2.19. The molecule has 0 aromatic heterocycles. The number of methoxy groups -OCH3 is 1. The SMILES string of the molecule is COCCOCCCCNC(=O)CSC1CCNCC1. The third-order valence-electron chi connectivity index (χ3n) is 3.21. The molecule has 0 aromatic rings. The predicted molar refractivity (Wildman–Crippen MR) is 83.3 cm³/mol. The zero-order valence-electron chi connectivity index (χ0n) is 12.5. The number of carbonyl (C=O) groups is 1. The van der Waals surface area contributed by atoms with Gasteiger partial charge < -0.3 is 20.1 Å². The van der Waals surface area contributed by atoms with E-state index in [2.05, 4.69) is 10.6 Å². The molecule has 1 rings (SSSR count). The maximum atomic E-state index is 11.7. The van der Waals surface area contributed by atoms with Crippen molar-refractivity contribution in [3.05, 3.63) is 0 Å². The molecular weight excluding hydrogens is 276 g/mol. The number of hydrogen-bond donors (Lipinski definition) is 2. The second-order valence-corrected chi connectivity index (χ2v) is 6.21. The van der Waals surface area contributed by atoms with E-state index in [1.54, 1.807) is 18.9 Å². The summed E-state index contributed by atoms with van der Waals surface area (Å²) in [6.07, 6.45) is 4.30. The summed E-state index contributed by atoms with van der Waals surface area (Å²) in [5.41, 5.74) is 0. The van der Waals surface area contributed by atoms with E-state index in [-0.39, 0.29) is 5.91 Å². The fourth-order valence-electron chi connectivity index (χ4n) is 2.01. The number of carbonyl (C=O) groups excluding carboxylic acids is 1. The van der Waals surface area contributed by atoms with Gasteiger partial charge in [-0.25, -0.2) is 0 Å². The summed E-state index contributed by atoms with van der Waals surface area (Å²) in [5, 5.41) is 6.95. The molecule has 1 aliphatic heterocycles. The fraction of sp³-hybridized carbons (Fsp3) is 0.929. The van der Waals surface area contributed by atoms with Gasteiger partial charge in [-0.05, 0) is 38.8 Å². The van der Waals surface area contributed by atoms with Crippen LogP contribution in [0, 0.1) is 0 Å². The van der Waals surface area contributed by atoms with Crippen molar-refractivity contribution in [1.29, 1.82) is 0 Å². The Labute approximate surface area is 126 Å². The number of hydrogen-bond acceptors (Lipinski definition) is 5. The molecule has 0 atom stereocenters. The quantitative estimate of drug-likeness (QED) is 0.558. The lowest BCUT2D eigenvalue weighted by Gasteiger charge is -2.21. The van der Waals surface area contributed by atoms with Crippen LogP contribution in [0.1, 0.15) is 25.7 Å². The standard InChI is InChI=1S/C14H28N2O3S/c1-18-10-11-19-9-3-2-6-16-14(17)12-20-13-4-7-15-8-5-13/h13,15H,2-12H2,1H3,(H,16,17). The highest BCUT2D eigenvalue weighted by molar-refractivity contribution is 8.00. The lowest BCUT2D eigenvalue weighted by molar-refractivity contribution is -0.118.